The van der Waals surface area contributed by atoms with Gasteiger partial charge >= 0.3 is 0 Å². The van der Waals surface area contributed by atoms with E-state index in [-0.39, 0.29) is 18.0 Å². The van der Waals surface area contributed by atoms with Crippen molar-refractivity contribution in [2.45, 2.75) is 39.7 Å². The predicted octanol–water partition coefficient (Wildman–Crippen LogP) is 1.35. The van der Waals surface area contributed by atoms with Crippen LogP contribution in [0.4, 0.5) is 0 Å². The summed E-state index contributed by atoms with van der Waals surface area (Å²) < 4.78 is 2.10. The van der Waals surface area contributed by atoms with Gasteiger partial charge in [-0.1, -0.05) is 6.92 Å². The number of carbonyl (C=O) groups is 1. The second kappa shape index (κ2) is 5.55. The number of aryl methyl sites for hydroxylation is 2. The van der Waals surface area contributed by atoms with Gasteiger partial charge in [-0.3, -0.25) is 9.59 Å². The number of hydrogen-bond donors (Lipinski definition) is 0. The molecule has 1 saturated heterocycles. The average Bonchev–Trinajstić information content (AvgIpc) is 3.13. The third-order valence-electron chi connectivity index (χ3n) is 3.75. The summed E-state index contributed by atoms with van der Waals surface area (Å²) in [6.07, 6.45) is 2.88. The van der Waals surface area contributed by atoms with Crippen molar-refractivity contribution in [3.8, 4) is 0 Å². The van der Waals surface area contributed by atoms with Crippen LogP contribution in [0.2, 0.25) is 0 Å². The van der Waals surface area contributed by atoms with Gasteiger partial charge in [0.1, 0.15) is 6.54 Å². The topological polar surface area (TPSA) is 68.1 Å². The van der Waals surface area contributed by atoms with Gasteiger partial charge in [0.2, 0.25) is 5.91 Å². The molecule has 2 aromatic heterocycles. The SMILES string of the molecule is CCc1nc2c(=O)n(CC(=O)N3CCCC3)nc(C)c2s1. The molecule has 0 radical (unpaired) electrons. The zero-order chi connectivity index (χ0) is 15.0. The Hall–Kier alpha value is -1.76. The third kappa shape index (κ3) is 2.57. The highest BCUT2D eigenvalue weighted by Gasteiger charge is 2.20. The number of fused-ring (bicyclic) bond motifs is 1. The summed E-state index contributed by atoms with van der Waals surface area (Å²) in [5, 5.41) is 5.21. The second-order valence-electron chi connectivity index (χ2n) is 5.27. The molecule has 0 saturated carbocycles. The molecule has 0 N–H and O–H groups in total. The maximum Gasteiger partial charge on any atom is 0.294 e. The van der Waals surface area contributed by atoms with Gasteiger partial charge in [0, 0.05) is 13.1 Å². The van der Waals surface area contributed by atoms with Crippen LogP contribution in [0.1, 0.15) is 30.5 Å². The van der Waals surface area contributed by atoms with E-state index in [0.717, 1.165) is 47.8 Å². The fraction of sp³-hybridized carbons (Fsp3) is 0.571. The van der Waals surface area contributed by atoms with Gasteiger partial charge in [-0.25, -0.2) is 9.67 Å². The van der Waals surface area contributed by atoms with Crippen LogP contribution >= 0.6 is 11.3 Å². The van der Waals surface area contributed by atoms with Gasteiger partial charge in [-0.05, 0) is 26.2 Å². The first kappa shape index (κ1) is 14.2. The van der Waals surface area contributed by atoms with E-state index in [1.165, 1.54) is 16.0 Å². The summed E-state index contributed by atoms with van der Waals surface area (Å²) in [5.74, 6) is -0.0354. The highest BCUT2D eigenvalue weighted by molar-refractivity contribution is 7.18. The molecule has 0 atom stereocenters. The fourth-order valence-electron chi connectivity index (χ4n) is 2.60. The van der Waals surface area contributed by atoms with Crippen molar-refractivity contribution in [2.24, 2.45) is 0 Å². The van der Waals surface area contributed by atoms with Crippen LogP contribution in [0, 0.1) is 6.92 Å². The summed E-state index contributed by atoms with van der Waals surface area (Å²) >= 11 is 1.51. The molecule has 3 heterocycles. The Morgan fingerprint density at radius 2 is 2.05 bits per heavy atom. The van der Waals surface area contributed by atoms with Gasteiger partial charge in [0.25, 0.3) is 5.56 Å². The van der Waals surface area contributed by atoms with Gasteiger partial charge < -0.3 is 4.90 Å². The quantitative estimate of drug-likeness (QED) is 0.858. The molecule has 1 amide bonds. The molecule has 7 heteroatoms. The zero-order valence-electron chi connectivity index (χ0n) is 12.3. The van der Waals surface area contributed by atoms with Crippen LogP contribution in [0.25, 0.3) is 10.2 Å². The first-order valence-electron chi connectivity index (χ1n) is 7.25. The summed E-state index contributed by atoms with van der Waals surface area (Å²) in [6.45, 7) is 5.44. The smallest absolute Gasteiger partial charge is 0.294 e. The fourth-order valence-corrected chi connectivity index (χ4v) is 3.54. The minimum Gasteiger partial charge on any atom is -0.341 e. The van der Waals surface area contributed by atoms with Crippen molar-refractivity contribution < 1.29 is 4.79 Å². The Morgan fingerprint density at radius 3 is 2.71 bits per heavy atom. The zero-order valence-corrected chi connectivity index (χ0v) is 13.1. The van der Waals surface area contributed by atoms with Crippen molar-refractivity contribution >= 4 is 27.5 Å². The average molecular weight is 306 g/mol. The Kier molecular flexibility index (Phi) is 3.75. The molecule has 0 aromatic carbocycles. The molecule has 1 aliphatic heterocycles. The Bertz CT molecular complexity index is 743. The van der Waals surface area contributed by atoms with Crippen LogP contribution in [0.3, 0.4) is 0 Å². The number of rotatable bonds is 3. The van der Waals surface area contributed by atoms with Crippen molar-refractivity contribution in [3.05, 3.63) is 21.1 Å². The molecule has 112 valence electrons. The number of hydrogen-bond acceptors (Lipinski definition) is 5. The number of amides is 1. The highest BCUT2D eigenvalue weighted by Crippen LogP contribution is 2.21. The first-order valence-corrected chi connectivity index (χ1v) is 8.06. The third-order valence-corrected chi connectivity index (χ3v) is 5.06. The van der Waals surface area contributed by atoms with Crippen LogP contribution in [-0.2, 0) is 17.8 Å². The summed E-state index contributed by atoms with van der Waals surface area (Å²) in [4.78, 5) is 30.8. The molecule has 21 heavy (non-hydrogen) atoms. The molecular weight excluding hydrogens is 288 g/mol. The molecule has 0 aliphatic carbocycles. The number of aromatic nitrogens is 3. The largest absolute Gasteiger partial charge is 0.341 e. The van der Waals surface area contributed by atoms with Crippen molar-refractivity contribution in [3.63, 3.8) is 0 Å². The Balaban J connectivity index is 1.97. The van der Waals surface area contributed by atoms with E-state index in [0.29, 0.717) is 5.52 Å². The minimum atomic E-state index is -0.265. The molecule has 2 aromatic rings. The van der Waals surface area contributed by atoms with Gasteiger partial charge in [-0.15, -0.1) is 11.3 Å². The standard InChI is InChI=1S/C14H18N4O2S/c1-3-10-15-12-13(21-10)9(2)16-18(14(12)20)8-11(19)17-6-4-5-7-17/h3-8H2,1-2H3. The molecule has 1 fully saturated rings. The Labute approximate surface area is 126 Å². The molecule has 3 rings (SSSR count). The summed E-state index contributed by atoms with van der Waals surface area (Å²) in [7, 11) is 0. The van der Waals surface area contributed by atoms with E-state index < -0.39 is 0 Å². The number of likely N-dealkylation sites (tertiary alicyclic amines) is 1. The maximum absolute atomic E-state index is 12.4. The maximum atomic E-state index is 12.4. The summed E-state index contributed by atoms with van der Waals surface area (Å²) in [5.41, 5.74) is 0.939. The lowest BCUT2D eigenvalue weighted by atomic mass is 10.4. The lowest BCUT2D eigenvalue weighted by Gasteiger charge is -2.15. The number of nitrogens with zero attached hydrogens (tertiary/aromatic N) is 4. The van der Waals surface area contributed by atoms with Crippen LogP contribution in [0.5, 0.6) is 0 Å². The first-order chi connectivity index (χ1) is 10.1. The van der Waals surface area contributed by atoms with E-state index in [1.807, 2.05) is 13.8 Å². The highest BCUT2D eigenvalue weighted by atomic mass is 32.1. The van der Waals surface area contributed by atoms with Crippen LogP contribution in [0.15, 0.2) is 4.79 Å². The molecule has 0 unspecified atom stereocenters. The lowest BCUT2D eigenvalue weighted by molar-refractivity contribution is -0.131. The molecule has 6 nitrogen and oxygen atoms in total. The van der Waals surface area contributed by atoms with Gasteiger partial charge in [-0.2, -0.15) is 5.10 Å². The second-order valence-corrected chi connectivity index (χ2v) is 6.36. The van der Waals surface area contributed by atoms with E-state index in [9.17, 15) is 9.59 Å². The van der Waals surface area contributed by atoms with Crippen LogP contribution in [-0.4, -0.2) is 38.7 Å². The number of carbonyl (C=O) groups excluding carboxylic acids is 1. The lowest BCUT2D eigenvalue weighted by Crippen LogP contribution is -2.36. The monoisotopic (exact) mass is 306 g/mol. The molecular formula is C14H18N4O2S. The van der Waals surface area contributed by atoms with Crippen molar-refractivity contribution in [1.29, 1.82) is 0 Å². The van der Waals surface area contributed by atoms with Crippen molar-refractivity contribution in [2.75, 3.05) is 13.1 Å². The predicted molar refractivity (Wildman–Crippen MR) is 81.6 cm³/mol. The molecule has 1 aliphatic rings. The molecule has 0 spiro atoms. The van der Waals surface area contributed by atoms with E-state index >= 15 is 0 Å². The van der Waals surface area contributed by atoms with E-state index in [2.05, 4.69) is 10.1 Å². The van der Waals surface area contributed by atoms with E-state index in [1.54, 1.807) is 4.90 Å². The normalized spacial score (nSPS) is 15.0. The Morgan fingerprint density at radius 1 is 1.33 bits per heavy atom. The van der Waals surface area contributed by atoms with Crippen molar-refractivity contribution in [1.82, 2.24) is 19.7 Å². The molecule has 0 bridgehead atoms. The van der Waals surface area contributed by atoms with E-state index in [4.69, 9.17) is 0 Å². The minimum absolute atomic E-state index is 0.00853. The van der Waals surface area contributed by atoms with Gasteiger partial charge in [0.05, 0.1) is 15.4 Å². The summed E-state index contributed by atoms with van der Waals surface area (Å²) in [6, 6.07) is 0. The van der Waals surface area contributed by atoms with Crippen LogP contribution < -0.4 is 5.56 Å². The van der Waals surface area contributed by atoms with Gasteiger partial charge in [0.15, 0.2) is 5.52 Å². The number of thiazole rings is 1.